The number of carbonyl (C=O) groups is 1. The van der Waals surface area contributed by atoms with Crippen LogP contribution in [0.25, 0.3) is 10.0 Å². The summed E-state index contributed by atoms with van der Waals surface area (Å²) in [6.45, 7) is -0.0377. The van der Waals surface area contributed by atoms with Crippen LogP contribution in [0.15, 0.2) is 53.5 Å². The normalized spacial score (nSPS) is 9.52. The van der Waals surface area contributed by atoms with Gasteiger partial charge in [0.05, 0.1) is 0 Å². The average molecular weight is 319 g/mol. The van der Waals surface area contributed by atoms with E-state index in [0.717, 1.165) is 15.7 Å². The predicted octanol–water partition coefficient (Wildman–Crippen LogP) is 3.45. The zero-order valence-corrected chi connectivity index (χ0v) is 12.6. The molecule has 21 heavy (non-hydrogen) atoms. The van der Waals surface area contributed by atoms with Crippen molar-refractivity contribution in [2.24, 2.45) is 0 Å². The largest absolute Gasteiger partial charge is 0.480 e. The molecular weight excluding hydrogens is 306 g/mol. The van der Waals surface area contributed by atoms with E-state index in [-0.39, 0.29) is 6.54 Å². The fourth-order valence-electron chi connectivity index (χ4n) is 1.39. The van der Waals surface area contributed by atoms with Crippen molar-refractivity contribution in [1.29, 1.82) is 0 Å². The van der Waals surface area contributed by atoms with Crippen LogP contribution in [0.4, 0.5) is 5.69 Å². The highest BCUT2D eigenvalue weighted by molar-refractivity contribution is 7.19. The van der Waals surface area contributed by atoms with Crippen molar-refractivity contribution in [2.45, 2.75) is 0 Å². The summed E-state index contributed by atoms with van der Waals surface area (Å²) < 4.78 is 0. The second-order valence-electron chi connectivity index (χ2n) is 3.79. The van der Waals surface area contributed by atoms with E-state index in [1.165, 1.54) is 0 Å². The van der Waals surface area contributed by atoms with Gasteiger partial charge < -0.3 is 10.4 Å². The minimum Gasteiger partial charge on any atom is -0.480 e. The lowest BCUT2D eigenvalue weighted by Gasteiger charge is -2.00. The number of nitrogens with one attached hydrogen (secondary N) is 1. The van der Waals surface area contributed by atoms with Crippen LogP contribution in [0.5, 0.6) is 0 Å². The van der Waals surface area contributed by atoms with Gasteiger partial charge in [0.15, 0.2) is 10.0 Å². The first-order valence-electron chi connectivity index (χ1n) is 6.06. The van der Waals surface area contributed by atoms with Crippen LogP contribution in [-0.2, 0) is 4.79 Å². The van der Waals surface area contributed by atoms with Crippen molar-refractivity contribution in [3.8, 4) is 10.0 Å². The number of benzene rings is 1. The Kier molecular flexibility index (Phi) is 5.86. The van der Waals surface area contributed by atoms with Crippen molar-refractivity contribution in [2.75, 3.05) is 11.9 Å². The van der Waals surface area contributed by atoms with E-state index in [4.69, 9.17) is 5.11 Å². The number of nitrogens with zero attached hydrogens (tertiary/aromatic N) is 2. The smallest absolute Gasteiger partial charge is 0.322 e. The highest BCUT2D eigenvalue weighted by atomic mass is 32.1. The number of rotatable bonds is 4. The monoisotopic (exact) mass is 319 g/mol. The zero-order valence-electron chi connectivity index (χ0n) is 11.0. The first kappa shape index (κ1) is 15.1. The molecule has 0 saturated carbocycles. The lowest BCUT2D eigenvalue weighted by molar-refractivity contribution is -0.134. The van der Waals surface area contributed by atoms with E-state index < -0.39 is 5.97 Å². The third kappa shape index (κ3) is 5.33. The number of thiazole rings is 2. The molecule has 5 nitrogen and oxygen atoms in total. The molecule has 2 heterocycles. The third-order valence-corrected chi connectivity index (χ3v) is 3.95. The number of aromatic nitrogens is 2. The SMILES string of the molecule is O=C(O)CNc1ccccc1.c1csc(-c2nccs2)n1. The molecule has 0 saturated heterocycles. The predicted molar refractivity (Wildman–Crippen MR) is 85.8 cm³/mol. The summed E-state index contributed by atoms with van der Waals surface area (Å²) in [6.07, 6.45) is 3.59. The Labute approximate surface area is 130 Å². The van der Waals surface area contributed by atoms with Crippen molar-refractivity contribution in [3.63, 3.8) is 0 Å². The number of anilines is 1. The first-order chi connectivity index (χ1) is 10.3. The van der Waals surface area contributed by atoms with Crippen LogP contribution >= 0.6 is 22.7 Å². The first-order valence-corrected chi connectivity index (χ1v) is 7.81. The Morgan fingerprint density at radius 3 is 2.05 bits per heavy atom. The molecule has 3 aromatic rings. The minimum absolute atomic E-state index is 0.0377. The molecule has 0 unspecified atom stereocenters. The Morgan fingerprint density at radius 2 is 1.62 bits per heavy atom. The molecule has 0 atom stereocenters. The average Bonchev–Trinajstić information content (AvgIpc) is 3.19. The molecule has 3 rings (SSSR count). The molecule has 0 radical (unpaired) electrons. The highest BCUT2D eigenvalue weighted by Gasteiger charge is 2.00. The number of hydrogen-bond donors (Lipinski definition) is 2. The van der Waals surface area contributed by atoms with Gasteiger partial charge in [-0.25, -0.2) is 9.97 Å². The minimum atomic E-state index is -0.853. The summed E-state index contributed by atoms with van der Waals surface area (Å²) in [7, 11) is 0. The van der Waals surface area contributed by atoms with Crippen LogP contribution < -0.4 is 5.32 Å². The van der Waals surface area contributed by atoms with Gasteiger partial charge in [-0.15, -0.1) is 22.7 Å². The van der Waals surface area contributed by atoms with Crippen LogP contribution in [0.1, 0.15) is 0 Å². The lowest BCUT2D eigenvalue weighted by Crippen LogP contribution is -2.11. The van der Waals surface area contributed by atoms with E-state index in [9.17, 15) is 4.79 Å². The molecule has 2 aromatic heterocycles. The standard InChI is InChI=1S/C8H9NO2.C6H4N2S2/c10-8(11)6-9-7-4-2-1-3-5-7;1-3-9-5(7-1)6-8-2-4-10-6/h1-5,9H,6H2,(H,10,11);1-4H. The van der Waals surface area contributed by atoms with E-state index in [2.05, 4.69) is 15.3 Å². The van der Waals surface area contributed by atoms with Crippen LogP contribution in [-0.4, -0.2) is 27.6 Å². The maximum absolute atomic E-state index is 10.1. The molecule has 0 spiro atoms. The molecule has 108 valence electrons. The van der Waals surface area contributed by atoms with Gasteiger partial charge in [-0.3, -0.25) is 4.79 Å². The lowest BCUT2D eigenvalue weighted by atomic mass is 10.3. The van der Waals surface area contributed by atoms with Gasteiger partial charge in [-0.05, 0) is 12.1 Å². The number of hydrogen-bond acceptors (Lipinski definition) is 6. The van der Waals surface area contributed by atoms with Gasteiger partial charge in [0.2, 0.25) is 0 Å². The second-order valence-corrected chi connectivity index (χ2v) is 5.58. The zero-order chi connectivity index (χ0) is 14.9. The van der Waals surface area contributed by atoms with Crippen molar-refractivity contribution < 1.29 is 9.90 Å². The van der Waals surface area contributed by atoms with E-state index >= 15 is 0 Å². The Balaban J connectivity index is 0.000000154. The molecule has 0 fully saturated rings. The van der Waals surface area contributed by atoms with Crippen LogP contribution in [0.2, 0.25) is 0 Å². The van der Waals surface area contributed by atoms with Gasteiger partial charge in [0, 0.05) is 28.8 Å². The maximum atomic E-state index is 10.1. The van der Waals surface area contributed by atoms with Crippen molar-refractivity contribution >= 4 is 34.3 Å². The molecule has 0 amide bonds. The summed E-state index contributed by atoms with van der Waals surface area (Å²) in [5.74, 6) is -0.853. The molecule has 2 N–H and O–H groups in total. The Morgan fingerprint density at radius 1 is 1.05 bits per heavy atom. The molecule has 0 aliphatic carbocycles. The Hall–Kier alpha value is -2.25. The fraction of sp³-hybridized carbons (Fsp3) is 0.0714. The van der Waals surface area contributed by atoms with Gasteiger partial charge in [0.1, 0.15) is 6.54 Å². The summed E-state index contributed by atoms with van der Waals surface area (Å²) in [5.41, 5.74) is 0.829. The number of carboxylic acids is 1. The number of para-hydroxylation sites is 1. The summed E-state index contributed by atoms with van der Waals surface area (Å²) >= 11 is 3.23. The van der Waals surface area contributed by atoms with E-state index in [1.54, 1.807) is 35.1 Å². The van der Waals surface area contributed by atoms with Crippen LogP contribution in [0.3, 0.4) is 0 Å². The molecule has 1 aromatic carbocycles. The van der Waals surface area contributed by atoms with Gasteiger partial charge >= 0.3 is 5.97 Å². The van der Waals surface area contributed by atoms with Gasteiger partial charge in [0.25, 0.3) is 0 Å². The Bertz CT molecular complexity index is 608. The number of aliphatic carboxylic acids is 1. The molecule has 0 aliphatic heterocycles. The molecular formula is C14H13N3O2S2. The summed E-state index contributed by atoms with van der Waals surface area (Å²) in [4.78, 5) is 18.4. The molecule has 0 aliphatic rings. The summed E-state index contributed by atoms with van der Waals surface area (Å²) in [5, 5.41) is 17.0. The van der Waals surface area contributed by atoms with Gasteiger partial charge in [-0.1, -0.05) is 18.2 Å². The van der Waals surface area contributed by atoms with E-state index in [0.29, 0.717) is 0 Å². The van der Waals surface area contributed by atoms with Crippen molar-refractivity contribution in [1.82, 2.24) is 9.97 Å². The summed E-state index contributed by atoms with van der Waals surface area (Å²) in [6, 6.07) is 9.23. The fourth-order valence-corrected chi connectivity index (χ4v) is 2.73. The third-order valence-electron chi connectivity index (χ3n) is 2.27. The second kappa shape index (κ2) is 8.13. The van der Waals surface area contributed by atoms with Crippen LogP contribution in [0, 0.1) is 0 Å². The maximum Gasteiger partial charge on any atom is 0.322 e. The van der Waals surface area contributed by atoms with E-state index in [1.807, 2.05) is 41.1 Å². The quantitative estimate of drug-likeness (QED) is 0.770. The molecule has 0 bridgehead atoms. The molecule has 7 heteroatoms. The van der Waals surface area contributed by atoms with Gasteiger partial charge in [-0.2, -0.15) is 0 Å². The number of carboxylic acid groups (broad SMARTS) is 1. The highest BCUT2D eigenvalue weighted by Crippen LogP contribution is 2.22. The topological polar surface area (TPSA) is 75.1 Å². The van der Waals surface area contributed by atoms with Crippen molar-refractivity contribution in [3.05, 3.63) is 53.5 Å².